The summed E-state index contributed by atoms with van der Waals surface area (Å²) in [5.74, 6) is 1.38. The van der Waals surface area contributed by atoms with Gasteiger partial charge in [-0.2, -0.15) is 4.98 Å². The normalized spacial score (nSPS) is 14.7. The van der Waals surface area contributed by atoms with Crippen LogP contribution in [0.2, 0.25) is 0 Å². The van der Waals surface area contributed by atoms with Crippen molar-refractivity contribution in [2.45, 2.75) is 19.4 Å². The molecule has 1 fully saturated rings. The molecular formula is C20H27N5O2. The molecule has 0 aliphatic carbocycles. The molecule has 1 aromatic heterocycles. The van der Waals surface area contributed by atoms with E-state index in [1.54, 1.807) is 19.4 Å². The van der Waals surface area contributed by atoms with Crippen molar-refractivity contribution in [3.8, 4) is 5.88 Å². The number of carbonyl (C=O) groups excluding carboxylic acids is 1. The maximum absolute atomic E-state index is 12.5. The van der Waals surface area contributed by atoms with Gasteiger partial charge in [-0.25, -0.2) is 4.98 Å². The average Bonchev–Trinajstić information content (AvgIpc) is 2.72. The summed E-state index contributed by atoms with van der Waals surface area (Å²) >= 11 is 0. The highest BCUT2D eigenvalue weighted by Gasteiger charge is 2.26. The fraction of sp³-hybridized carbons (Fsp3) is 0.450. The van der Waals surface area contributed by atoms with Gasteiger partial charge in [-0.3, -0.25) is 4.79 Å². The molecule has 0 radical (unpaired) electrons. The number of nitrogens with zero attached hydrogens (tertiary/aromatic N) is 4. The molecule has 144 valence electrons. The van der Waals surface area contributed by atoms with E-state index < -0.39 is 0 Å². The predicted molar refractivity (Wildman–Crippen MR) is 106 cm³/mol. The van der Waals surface area contributed by atoms with Crippen LogP contribution in [-0.2, 0) is 11.3 Å². The summed E-state index contributed by atoms with van der Waals surface area (Å²) in [7, 11) is 5.62. The van der Waals surface area contributed by atoms with E-state index in [0.29, 0.717) is 18.4 Å². The maximum atomic E-state index is 12.5. The summed E-state index contributed by atoms with van der Waals surface area (Å²) in [4.78, 5) is 25.3. The van der Waals surface area contributed by atoms with Crippen molar-refractivity contribution in [2.24, 2.45) is 5.92 Å². The number of rotatable bonds is 6. The minimum absolute atomic E-state index is 0.0351. The lowest BCUT2D eigenvalue weighted by Crippen LogP contribution is -2.41. The lowest BCUT2D eigenvalue weighted by Gasteiger charge is -2.31. The Bertz CT molecular complexity index is 755. The first kappa shape index (κ1) is 18.9. The second-order valence-corrected chi connectivity index (χ2v) is 6.94. The third kappa shape index (κ3) is 4.87. The Morgan fingerprint density at radius 3 is 2.56 bits per heavy atom. The van der Waals surface area contributed by atoms with Crippen LogP contribution in [-0.4, -0.2) is 50.2 Å². The molecule has 7 heteroatoms. The average molecular weight is 369 g/mol. The zero-order valence-electron chi connectivity index (χ0n) is 16.2. The van der Waals surface area contributed by atoms with E-state index in [-0.39, 0.29) is 11.8 Å². The molecule has 27 heavy (non-hydrogen) atoms. The van der Waals surface area contributed by atoms with E-state index >= 15 is 0 Å². The summed E-state index contributed by atoms with van der Waals surface area (Å²) in [5, 5.41) is 3.07. The molecule has 2 aromatic rings. The van der Waals surface area contributed by atoms with Crippen molar-refractivity contribution in [2.75, 3.05) is 44.1 Å². The van der Waals surface area contributed by atoms with Crippen LogP contribution in [0.4, 0.5) is 11.6 Å². The van der Waals surface area contributed by atoms with Gasteiger partial charge in [0.25, 0.3) is 0 Å². The zero-order chi connectivity index (χ0) is 19.2. The number of piperidine rings is 1. The third-order valence-corrected chi connectivity index (χ3v) is 4.89. The van der Waals surface area contributed by atoms with Crippen LogP contribution in [0.15, 0.2) is 36.5 Å². The number of aromatic nitrogens is 2. The van der Waals surface area contributed by atoms with Crippen molar-refractivity contribution >= 4 is 17.5 Å². The highest BCUT2D eigenvalue weighted by Crippen LogP contribution is 2.22. The lowest BCUT2D eigenvalue weighted by molar-refractivity contribution is -0.125. The van der Waals surface area contributed by atoms with Gasteiger partial charge in [0.15, 0.2) is 0 Å². The van der Waals surface area contributed by atoms with E-state index in [1.807, 2.05) is 14.1 Å². The third-order valence-electron chi connectivity index (χ3n) is 4.89. The van der Waals surface area contributed by atoms with Crippen molar-refractivity contribution in [3.63, 3.8) is 0 Å². The summed E-state index contributed by atoms with van der Waals surface area (Å²) in [6.45, 7) is 2.09. The highest BCUT2D eigenvalue weighted by atomic mass is 16.5. The first-order valence-corrected chi connectivity index (χ1v) is 9.23. The number of nitrogens with one attached hydrogen (secondary N) is 1. The molecule has 0 saturated carbocycles. The number of anilines is 2. The Morgan fingerprint density at radius 2 is 1.93 bits per heavy atom. The van der Waals surface area contributed by atoms with Crippen LogP contribution in [0.25, 0.3) is 0 Å². The van der Waals surface area contributed by atoms with E-state index in [4.69, 9.17) is 4.74 Å². The smallest absolute Gasteiger partial charge is 0.228 e. The van der Waals surface area contributed by atoms with E-state index in [9.17, 15) is 4.79 Å². The number of hydrogen-bond acceptors (Lipinski definition) is 6. The molecule has 1 saturated heterocycles. The second-order valence-electron chi connectivity index (χ2n) is 6.94. The maximum Gasteiger partial charge on any atom is 0.228 e. The van der Waals surface area contributed by atoms with Gasteiger partial charge in [-0.15, -0.1) is 0 Å². The minimum Gasteiger partial charge on any atom is -0.481 e. The highest BCUT2D eigenvalue weighted by molar-refractivity contribution is 5.79. The molecule has 1 aromatic carbocycles. The summed E-state index contributed by atoms with van der Waals surface area (Å²) < 4.78 is 5.15. The van der Waals surface area contributed by atoms with E-state index in [0.717, 1.165) is 37.2 Å². The zero-order valence-corrected chi connectivity index (χ0v) is 16.2. The van der Waals surface area contributed by atoms with Gasteiger partial charge in [0.05, 0.1) is 7.11 Å². The second kappa shape index (κ2) is 8.70. The van der Waals surface area contributed by atoms with Gasteiger partial charge >= 0.3 is 0 Å². The standard InChI is InChI=1S/C20H27N5O2/c1-24(2)17-6-4-15(5-7-17)14-22-19(26)16-9-12-25(13-10-16)20-21-11-8-18(23-20)27-3/h4-8,11,16H,9-10,12-14H2,1-3H3,(H,22,26). The first-order valence-electron chi connectivity index (χ1n) is 9.23. The Kier molecular flexibility index (Phi) is 6.11. The number of carbonyl (C=O) groups is 1. The first-order chi connectivity index (χ1) is 13.1. The Hall–Kier alpha value is -2.83. The van der Waals surface area contributed by atoms with Gasteiger partial charge < -0.3 is 19.9 Å². The number of methoxy groups -OCH3 is 1. The molecule has 2 heterocycles. The van der Waals surface area contributed by atoms with Crippen LogP contribution in [0.5, 0.6) is 5.88 Å². The summed E-state index contributed by atoms with van der Waals surface area (Å²) in [5.41, 5.74) is 2.26. The van der Waals surface area contributed by atoms with Crippen molar-refractivity contribution in [3.05, 3.63) is 42.1 Å². The van der Waals surface area contributed by atoms with Gasteiger partial charge in [-0.05, 0) is 30.5 Å². The summed E-state index contributed by atoms with van der Waals surface area (Å²) in [6.07, 6.45) is 3.29. The van der Waals surface area contributed by atoms with Crippen LogP contribution in [0, 0.1) is 5.92 Å². The molecule has 0 spiro atoms. The van der Waals surface area contributed by atoms with E-state index in [1.165, 1.54) is 0 Å². The molecule has 1 aliphatic rings. The summed E-state index contributed by atoms with van der Waals surface area (Å²) in [6, 6.07) is 9.97. The largest absolute Gasteiger partial charge is 0.481 e. The van der Waals surface area contributed by atoms with Crippen LogP contribution >= 0.6 is 0 Å². The van der Waals surface area contributed by atoms with Crippen LogP contribution in [0.3, 0.4) is 0 Å². The topological polar surface area (TPSA) is 70.6 Å². The van der Waals surface area contributed by atoms with E-state index in [2.05, 4.69) is 49.4 Å². The monoisotopic (exact) mass is 369 g/mol. The van der Waals surface area contributed by atoms with Crippen molar-refractivity contribution in [1.82, 2.24) is 15.3 Å². The molecule has 0 bridgehead atoms. The van der Waals surface area contributed by atoms with Gasteiger partial charge in [0.2, 0.25) is 17.7 Å². The number of ether oxygens (including phenoxy) is 1. The SMILES string of the molecule is COc1ccnc(N2CCC(C(=O)NCc3ccc(N(C)C)cc3)CC2)n1. The Labute approximate surface area is 160 Å². The fourth-order valence-electron chi connectivity index (χ4n) is 3.19. The Morgan fingerprint density at radius 1 is 1.22 bits per heavy atom. The molecule has 7 nitrogen and oxygen atoms in total. The van der Waals surface area contributed by atoms with Crippen LogP contribution in [0.1, 0.15) is 18.4 Å². The quantitative estimate of drug-likeness (QED) is 0.841. The van der Waals surface area contributed by atoms with Crippen molar-refractivity contribution < 1.29 is 9.53 Å². The molecule has 0 atom stereocenters. The molecule has 1 aliphatic heterocycles. The number of benzene rings is 1. The predicted octanol–water partition coefficient (Wildman–Crippen LogP) is 2.08. The fourth-order valence-corrected chi connectivity index (χ4v) is 3.19. The molecule has 1 amide bonds. The van der Waals surface area contributed by atoms with Gasteiger partial charge in [0, 0.05) is 57.6 Å². The Balaban J connectivity index is 1.48. The molecule has 3 rings (SSSR count). The molecule has 1 N–H and O–H groups in total. The number of amides is 1. The molecule has 0 unspecified atom stereocenters. The lowest BCUT2D eigenvalue weighted by atomic mass is 9.96. The minimum atomic E-state index is 0.0351. The van der Waals surface area contributed by atoms with Crippen molar-refractivity contribution in [1.29, 1.82) is 0 Å². The molecular weight excluding hydrogens is 342 g/mol. The number of hydrogen-bond donors (Lipinski definition) is 1. The van der Waals surface area contributed by atoms with Gasteiger partial charge in [-0.1, -0.05) is 12.1 Å². The van der Waals surface area contributed by atoms with Gasteiger partial charge in [0.1, 0.15) is 0 Å². The van der Waals surface area contributed by atoms with Crippen LogP contribution < -0.4 is 19.9 Å².